The van der Waals surface area contributed by atoms with Crippen molar-refractivity contribution in [2.45, 2.75) is 13.3 Å². The Hall–Kier alpha value is -2.66. The molecule has 0 radical (unpaired) electrons. The molecule has 5 nitrogen and oxygen atoms in total. The predicted molar refractivity (Wildman–Crippen MR) is 94.0 cm³/mol. The first-order valence-corrected chi connectivity index (χ1v) is 8.21. The highest BCUT2D eigenvalue weighted by Crippen LogP contribution is 2.28. The van der Waals surface area contributed by atoms with Gasteiger partial charge in [0.05, 0.1) is 11.5 Å². The second-order valence-corrected chi connectivity index (χ2v) is 6.30. The molecular formula is C19H16ClNO4. The fourth-order valence-electron chi connectivity index (χ4n) is 2.80. The monoisotopic (exact) mass is 357 g/mol. The van der Waals surface area contributed by atoms with Crippen LogP contribution in [0.1, 0.15) is 23.7 Å². The van der Waals surface area contributed by atoms with Gasteiger partial charge < -0.3 is 9.64 Å². The van der Waals surface area contributed by atoms with E-state index in [1.807, 2.05) is 0 Å². The van der Waals surface area contributed by atoms with Crippen molar-refractivity contribution in [2.24, 2.45) is 5.92 Å². The molecule has 1 fully saturated rings. The minimum atomic E-state index is -0.591. The molecule has 0 spiro atoms. The number of amides is 1. The number of hydrogen-bond donors (Lipinski definition) is 0. The van der Waals surface area contributed by atoms with Crippen LogP contribution in [0.25, 0.3) is 0 Å². The molecule has 3 rings (SSSR count). The maximum absolute atomic E-state index is 12.4. The van der Waals surface area contributed by atoms with Crippen LogP contribution in [0.2, 0.25) is 5.02 Å². The first-order chi connectivity index (χ1) is 12.0. The third-order valence-corrected chi connectivity index (χ3v) is 4.29. The molecule has 0 aliphatic carbocycles. The van der Waals surface area contributed by atoms with Crippen molar-refractivity contribution in [3.05, 3.63) is 59.1 Å². The third-order valence-electron chi connectivity index (χ3n) is 4.06. The summed E-state index contributed by atoms with van der Waals surface area (Å²) in [5.41, 5.74) is 0.990. The van der Waals surface area contributed by atoms with Crippen LogP contribution in [0.5, 0.6) is 5.75 Å². The molecule has 1 aliphatic heterocycles. The zero-order chi connectivity index (χ0) is 18.0. The number of hydrogen-bond acceptors (Lipinski definition) is 4. The van der Waals surface area contributed by atoms with Gasteiger partial charge in [-0.15, -0.1) is 0 Å². The Morgan fingerprint density at radius 2 is 1.92 bits per heavy atom. The van der Waals surface area contributed by atoms with Crippen molar-refractivity contribution < 1.29 is 19.1 Å². The van der Waals surface area contributed by atoms with Gasteiger partial charge in [-0.25, -0.2) is 0 Å². The summed E-state index contributed by atoms with van der Waals surface area (Å²) in [6.07, 6.45) is 0.0631. The summed E-state index contributed by atoms with van der Waals surface area (Å²) in [5.74, 6) is -1.25. The van der Waals surface area contributed by atoms with E-state index in [1.165, 1.54) is 11.8 Å². The Labute approximate surface area is 150 Å². The number of nitrogens with zero attached hydrogens (tertiary/aromatic N) is 1. The smallest absolute Gasteiger partial charge is 0.316 e. The van der Waals surface area contributed by atoms with Crippen LogP contribution >= 0.6 is 11.6 Å². The van der Waals surface area contributed by atoms with Gasteiger partial charge in [-0.1, -0.05) is 29.8 Å². The summed E-state index contributed by atoms with van der Waals surface area (Å²) >= 11 is 5.96. The average Bonchev–Trinajstić information content (AvgIpc) is 2.97. The quantitative estimate of drug-likeness (QED) is 0.477. The molecule has 2 aromatic rings. The molecule has 128 valence electrons. The van der Waals surface area contributed by atoms with Crippen LogP contribution in [-0.4, -0.2) is 24.2 Å². The summed E-state index contributed by atoms with van der Waals surface area (Å²) < 4.78 is 5.38. The van der Waals surface area contributed by atoms with Crippen LogP contribution in [0, 0.1) is 5.92 Å². The first-order valence-electron chi connectivity index (χ1n) is 7.83. The zero-order valence-corrected chi connectivity index (χ0v) is 14.3. The molecule has 0 N–H and O–H groups in total. The topological polar surface area (TPSA) is 63.7 Å². The largest absolute Gasteiger partial charge is 0.425 e. The number of carbonyl (C=O) groups excluding carboxylic acids is 3. The van der Waals surface area contributed by atoms with Crippen molar-refractivity contribution in [1.82, 2.24) is 0 Å². The number of halogens is 1. The van der Waals surface area contributed by atoms with Crippen molar-refractivity contribution in [3.8, 4) is 5.75 Å². The van der Waals surface area contributed by atoms with E-state index in [9.17, 15) is 14.4 Å². The Balaban J connectivity index is 1.74. The van der Waals surface area contributed by atoms with Gasteiger partial charge in [-0.3, -0.25) is 14.4 Å². The molecule has 0 saturated carbocycles. The number of carbonyl (C=O) groups is 3. The molecule has 25 heavy (non-hydrogen) atoms. The number of rotatable bonds is 4. The number of anilines is 1. The summed E-state index contributed by atoms with van der Waals surface area (Å²) in [5, 5.41) is 0.520. The molecule has 2 aromatic carbocycles. The fourth-order valence-corrected chi connectivity index (χ4v) is 2.98. The molecule has 0 aromatic heterocycles. The second kappa shape index (κ2) is 7.07. The van der Waals surface area contributed by atoms with Gasteiger partial charge >= 0.3 is 5.97 Å². The number of benzene rings is 2. The predicted octanol–water partition coefficient (Wildman–Crippen LogP) is 3.50. The van der Waals surface area contributed by atoms with Crippen molar-refractivity contribution in [3.63, 3.8) is 0 Å². The number of para-hydroxylation sites is 1. The lowest BCUT2D eigenvalue weighted by Crippen LogP contribution is -2.27. The van der Waals surface area contributed by atoms with Gasteiger partial charge in [0, 0.05) is 23.7 Å². The molecule has 0 unspecified atom stereocenters. The van der Waals surface area contributed by atoms with E-state index in [4.69, 9.17) is 16.3 Å². The molecule has 1 amide bonds. The number of Topliss-reactive ketones (excluding diaryl/α,β-unsaturated/α-hetero) is 1. The summed E-state index contributed by atoms with van der Waals surface area (Å²) in [7, 11) is 0. The highest BCUT2D eigenvalue weighted by atomic mass is 35.5. The molecule has 1 saturated heterocycles. The number of esters is 1. The SMILES string of the molecule is CC(=O)c1ccccc1OC(=O)[C@H]1CC(=O)N(c2cccc(Cl)c2)C1. The van der Waals surface area contributed by atoms with Crippen molar-refractivity contribution in [2.75, 3.05) is 11.4 Å². The third kappa shape index (κ3) is 3.72. The average molecular weight is 358 g/mol. The molecule has 0 bridgehead atoms. The zero-order valence-electron chi connectivity index (χ0n) is 13.6. The Kier molecular flexibility index (Phi) is 4.86. The van der Waals surface area contributed by atoms with E-state index in [-0.39, 0.29) is 30.4 Å². The Morgan fingerprint density at radius 1 is 1.16 bits per heavy atom. The number of ether oxygens (including phenoxy) is 1. The van der Waals surface area contributed by atoms with Gasteiger partial charge in [-0.2, -0.15) is 0 Å². The van der Waals surface area contributed by atoms with Crippen LogP contribution in [0.3, 0.4) is 0 Å². The molecule has 6 heteroatoms. The van der Waals surface area contributed by atoms with E-state index in [0.29, 0.717) is 16.3 Å². The van der Waals surface area contributed by atoms with Crippen LogP contribution in [0.4, 0.5) is 5.69 Å². The van der Waals surface area contributed by atoms with E-state index in [2.05, 4.69) is 0 Å². The van der Waals surface area contributed by atoms with Crippen LogP contribution in [-0.2, 0) is 9.59 Å². The normalized spacial score (nSPS) is 16.8. The van der Waals surface area contributed by atoms with E-state index < -0.39 is 11.9 Å². The van der Waals surface area contributed by atoms with Crippen molar-refractivity contribution in [1.29, 1.82) is 0 Å². The van der Waals surface area contributed by atoms with Gasteiger partial charge in [0.25, 0.3) is 0 Å². The molecule has 1 aliphatic rings. The van der Waals surface area contributed by atoms with E-state index >= 15 is 0 Å². The molecule has 1 atom stereocenters. The van der Waals surface area contributed by atoms with E-state index in [0.717, 1.165) is 0 Å². The summed E-state index contributed by atoms with van der Waals surface area (Å²) in [6.45, 7) is 1.63. The lowest BCUT2D eigenvalue weighted by Gasteiger charge is -2.17. The van der Waals surface area contributed by atoms with Crippen LogP contribution < -0.4 is 9.64 Å². The Bertz CT molecular complexity index is 849. The lowest BCUT2D eigenvalue weighted by atomic mass is 10.1. The maximum Gasteiger partial charge on any atom is 0.316 e. The van der Waals surface area contributed by atoms with Gasteiger partial charge in [0.1, 0.15) is 5.75 Å². The summed E-state index contributed by atoms with van der Waals surface area (Å²) in [4.78, 5) is 37.8. The van der Waals surface area contributed by atoms with Crippen LogP contribution in [0.15, 0.2) is 48.5 Å². The maximum atomic E-state index is 12.4. The van der Waals surface area contributed by atoms with E-state index in [1.54, 1.807) is 48.5 Å². The standard InChI is InChI=1S/C19H16ClNO4/c1-12(22)16-7-2-3-8-17(16)25-19(24)13-9-18(23)21(11-13)15-6-4-5-14(20)10-15/h2-8,10,13H,9,11H2,1H3/t13-/m0/s1. The number of ketones is 1. The van der Waals surface area contributed by atoms with Crippen molar-refractivity contribution >= 4 is 34.9 Å². The minimum absolute atomic E-state index is 0.0631. The first kappa shape index (κ1) is 17.2. The van der Waals surface area contributed by atoms with Gasteiger partial charge in [0.2, 0.25) is 5.91 Å². The lowest BCUT2D eigenvalue weighted by molar-refractivity contribution is -0.139. The highest BCUT2D eigenvalue weighted by molar-refractivity contribution is 6.31. The fraction of sp³-hybridized carbons (Fsp3) is 0.211. The van der Waals surface area contributed by atoms with Gasteiger partial charge in [0.15, 0.2) is 5.78 Å². The molecular weight excluding hydrogens is 342 g/mol. The van der Waals surface area contributed by atoms with Gasteiger partial charge in [-0.05, 0) is 37.3 Å². The molecule has 1 heterocycles. The second-order valence-electron chi connectivity index (χ2n) is 5.86. The summed E-state index contributed by atoms with van der Waals surface area (Å²) in [6, 6.07) is 13.5. The minimum Gasteiger partial charge on any atom is -0.425 e. The highest BCUT2D eigenvalue weighted by Gasteiger charge is 2.36. The Morgan fingerprint density at radius 3 is 2.64 bits per heavy atom.